The van der Waals surface area contributed by atoms with E-state index >= 15 is 0 Å². The minimum atomic E-state index is -4.45. The number of carbonyl (C=O) groups is 1. The van der Waals surface area contributed by atoms with E-state index in [1.165, 1.54) is 37.3 Å². The Morgan fingerprint density at radius 2 is 1.70 bits per heavy atom. The van der Waals surface area contributed by atoms with Crippen LogP contribution in [0.25, 0.3) is 0 Å². The fourth-order valence-corrected chi connectivity index (χ4v) is 2.29. The van der Waals surface area contributed by atoms with Crippen molar-refractivity contribution in [3.63, 3.8) is 0 Å². The zero-order valence-electron chi connectivity index (χ0n) is 12.7. The molecule has 0 atom stereocenters. The molecule has 1 amide bonds. The molecule has 0 aliphatic rings. The molecule has 0 aliphatic carbocycles. The Kier molecular flexibility index (Phi) is 4.93. The maximum Gasteiger partial charge on any atom is 0.416 e. The first kappa shape index (κ1) is 16.9. The highest BCUT2D eigenvalue weighted by atomic mass is 19.4. The predicted octanol–water partition coefficient (Wildman–Crippen LogP) is 3.99. The average molecular weight is 323 g/mol. The summed E-state index contributed by atoms with van der Waals surface area (Å²) in [5, 5.41) is 0. The Bertz CT molecular complexity index is 698. The van der Waals surface area contributed by atoms with Gasteiger partial charge < -0.3 is 9.64 Å². The number of ether oxygens (including phenoxy) is 1. The summed E-state index contributed by atoms with van der Waals surface area (Å²) in [6.07, 6.45) is -4.45. The smallest absolute Gasteiger partial charge is 0.416 e. The quantitative estimate of drug-likeness (QED) is 0.851. The topological polar surface area (TPSA) is 29.5 Å². The third-order valence-electron chi connectivity index (χ3n) is 3.41. The van der Waals surface area contributed by atoms with E-state index in [0.717, 1.165) is 6.07 Å². The highest BCUT2D eigenvalue weighted by Crippen LogP contribution is 2.32. The Hall–Kier alpha value is -2.50. The normalized spacial score (nSPS) is 11.2. The lowest BCUT2D eigenvalue weighted by molar-refractivity contribution is -0.138. The van der Waals surface area contributed by atoms with Crippen LogP contribution >= 0.6 is 0 Å². The lowest BCUT2D eigenvalue weighted by Crippen LogP contribution is -2.27. The number of para-hydroxylation sites is 1. The van der Waals surface area contributed by atoms with E-state index in [-0.39, 0.29) is 12.1 Å². The van der Waals surface area contributed by atoms with Gasteiger partial charge >= 0.3 is 6.18 Å². The van der Waals surface area contributed by atoms with Crippen molar-refractivity contribution in [1.29, 1.82) is 0 Å². The highest BCUT2D eigenvalue weighted by Gasteiger charge is 2.33. The minimum Gasteiger partial charge on any atom is -0.496 e. The SMILES string of the molecule is COc1ccccc1C(=O)N(C)Cc1ccccc1C(F)(F)F. The highest BCUT2D eigenvalue weighted by molar-refractivity contribution is 5.96. The summed E-state index contributed by atoms with van der Waals surface area (Å²) in [5.41, 5.74) is -0.382. The number of benzene rings is 2. The standard InChI is InChI=1S/C17H16F3NO2/c1-21(16(22)13-8-4-6-10-15(13)23-2)11-12-7-3-5-9-14(12)17(18,19)20/h3-10H,11H2,1-2H3. The Balaban J connectivity index is 2.26. The minimum absolute atomic E-state index is 0.0470. The summed E-state index contributed by atoms with van der Waals surface area (Å²) >= 11 is 0. The van der Waals surface area contributed by atoms with E-state index in [0.29, 0.717) is 11.3 Å². The van der Waals surface area contributed by atoms with Crippen molar-refractivity contribution in [3.05, 3.63) is 65.2 Å². The van der Waals surface area contributed by atoms with Gasteiger partial charge in [0.2, 0.25) is 0 Å². The number of methoxy groups -OCH3 is 1. The molecule has 0 saturated heterocycles. The van der Waals surface area contributed by atoms with Crippen LogP contribution in [0.4, 0.5) is 13.2 Å². The first-order chi connectivity index (χ1) is 10.8. The summed E-state index contributed by atoms with van der Waals surface area (Å²) < 4.78 is 44.2. The summed E-state index contributed by atoms with van der Waals surface area (Å²) in [5.74, 6) is -0.0205. The van der Waals surface area contributed by atoms with E-state index in [1.54, 1.807) is 24.3 Å². The molecule has 0 fully saturated rings. The maximum atomic E-state index is 13.0. The number of carbonyl (C=O) groups excluding carboxylic acids is 1. The summed E-state index contributed by atoms with van der Waals surface area (Å²) in [6, 6.07) is 11.8. The molecule has 0 bridgehead atoms. The molecular formula is C17H16F3NO2. The van der Waals surface area contributed by atoms with E-state index in [4.69, 9.17) is 4.74 Å². The van der Waals surface area contributed by atoms with Crippen LogP contribution in [0.2, 0.25) is 0 Å². The first-order valence-corrected chi connectivity index (χ1v) is 6.88. The van der Waals surface area contributed by atoms with Crippen LogP contribution in [0.3, 0.4) is 0 Å². The molecule has 0 saturated carbocycles. The second-order valence-electron chi connectivity index (χ2n) is 5.02. The van der Waals surface area contributed by atoms with E-state index < -0.39 is 17.6 Å². The average Bonchev–Trinajstić information content (AvgIpc) is 2.53. The number of rotatable bonds is 4. The maximum absolute atomic E-state index is 13.0. The van der Waals surface area contributed by atoms with Gasteiger partial charge in [-0.05, 0) is 23.8 Å². The number of hydrogen-bond donors (Lipinski definition) is 0. The van der Waals surface area contributed by atoms with Crippen LogP contribution in [0.15, 0.2) is 48.5 Å². The second kappa shape index (κ2) is 6.73. The van der Waals surface area contributed by atoms with Crippen LogP contribution in [0, 0.1) is 0 Å². The molecule has 23 heavy (non-hydrogen) atoms. The van der Waals surface area contributed by atoms with Crippen LogP contribution < -0.4 is 4.74 Å². The molecule has 0 spiro atoms. The van der Waals surface area contributed by atoms with E-state index in [9.17, 15) is 18.0 Å². The number of alkyl halides is 3. The van der Waals surface area contributed by atoms with Gasteiger partial charge in [0.25, 0.3) is 5.91 Å². The number of halogens is 3. The molecule has 2 rings (SSSR count). The Morgan fingerprint density at radius 3 is 2.35 bits per heavy atom. The van der Waals surface area contributed by atoms with Gasteiger partial charge in [-0.15, -0.1) is 0 Å². The summed E-state index contributed by atoms with van der Waals surface area (Å²) in [7, 11) is 2.90. The lowest BCUT2D eigenvalue weighted by Gasteiger charge is -2.21. The monoisotopic (exact) mass is 323 g/mol. The second-order valence-corrected chi connectivity index (χ2v) is 5.02. The van der Waals surface area contributed by atoms with Crippen LogP contribution in [0.5, 0.6) is 5.75 Å². The molecule has 0 aromatic heterocycles. The van der Waals surface area contributed by atoms with Gasteiger partial charge in [-0.3, -0.25) is 4.79 Å². The predicted molar refractivity (Wildman–Crippen MR) is 80.2 cm³/mol. The summed E-state index contributed by atoms with van der Waals surface area (Å²) in [6.45, 7) is -0.146. The van der Waals surface area contributed by atoms with Gasteiger partial charge in [0.1, 0.15) is 5.75 Å². The Morgan fingerprint density at radius 1 is 1.09 bits per heavy atom. The first-order valence-electron chi connectivity index (χ1n) is 6.88. The zero-order chi connectivity index (χ0) is 17.0. The molecule has 122 valence electrons. The number of amides is 1. The van der Waals surface area contributed by atoms with Crippen molar-refractivity contribution in [3.8, 4) is 5.75 Å². The van der Waals surface area contributed by atoms with E-state index in [1.807, 2.05) is 0 Å². The molecule has 0 heterocycles. The van der Waals surface area contributed by atoms with E-state index in [2.05, 4.69) is 0 Å². The largest absolute Gasteiger partial charge is 0.496 e. The van der Waals surface area contributed by atoms with Gasteiger partial charge in [0, 0.05) is 13.6 Å². The van der Waals surface area contributed by atoms with Crippen LogP contribution in [0.1, 0.15) is 21.5 Å². The number of nitrogens with zero attached hydrogens (tertiary/aromatic N) is 1. The third-order valence-corrected chi connectivity index (χ3v) is 3.41. The molecule has 0 N–H and O–H groups in total. The van der Waals surface area contributed by atoms with Gasteiger partial charge in [0.15, 0.2) is 0 Å². The van der Waals surface area contributed by atoms with Gasteiger partial charge in [-0.25, -0.2) is 0 Å². The molecule has 0 aliphatic heterocycles. The van der Waals surface area contributed by atoms with Crippen molar-refractivity contribution < 1.29 is 22.7 Å². The molecule has 6 heteroatoms. The summed E-state index contributed by atoms with van der Waals surface area (Å²) in [4.78, 5) is 13.7. The number of hydrogen-bond acceptors (Lipinski definition) is 2. The third kappa shape index (κ3) is 3.83. The van der Waals surface area contributed by atoms with Crippen molar-refractivity contribution in [2.24, 2.45) is 0 Å². The van der Waals surface area contributed by atoms with Gasteiger partial charge in [-0.1, -0.05) is 30.3 Å². The van der Waals surface area contributed by atoms with Crippen LogP contribution in [-0.4, -0.2) is 25.0 Å². The fourth-order valence-electron chi connectivity index (χ4n) is 2.29. The molecule has 0 unspecified atom stereocenters. The van der Waals surface area contributed by atoms with Crippen molar-refractivity contribution in [2.75, 3.05) is 14.2 Å². The van der Waals surface area contributed by atoms with Crippen molar-refractivity contribution in [1.82, 2.24) is 4.90 Å². The zero-order valence-corrected chi connectivity index (χ0v) is 12.7. The lowest BCUT2D eigenvalue weighted by atomic mass is 10.1. The molecule has 3 nitrogen and oxygen atoms in total. The van der Waals surface area contributed by atoms with Gasteiger partial charge in [-0.2, -0.15) is 13.2 Å². The fraction of sp³-hybridized carbons (Fsp3) is 0.235. The van der Waals surface area contributed by atoms with Gasteiger partial charge in [0.05, 0.1) is 18.2 Å². The Labute approximate surface area is 132 Å². The molecule has 2 aromatic rings. The molecular weight excluding hydrogens is 307 g/mol. The molecule has 2 aromatic carbocycles. The van der Waals surface area contributed by atoms with Crippen molar-refractivity contribution in [2.45, 2.75) is 12.7 Å². The van der Waals surface area contributed by atoms with Crippen LogP contribution in [-0.2, 0) is 12.7 Å². The molecule has 0 radical (unpaired) electrons. The van der Waals surface area contributed by atoms with Crippen molar-refractivity contribution >= 4 is 5.91 Å².